The lowest BCUT2D eigenvalue weighted by Gasteiger charge is -2.14. The van der Waals surface area contributed by atoms with Gasteiger partial charge in [0.15, 0.2) is 6.23 Å². The van der Waals surface area contributed by atoms with Gasteiger partial charge in [0.1, 0.15) is 0 Å². The van der Waals surface area contributed by atoms with Crippen LogP contribution in [-0.2, 0) is 0 Å². The Hall–Kier alpha value is -0.770. The monoisotopic (exact) mass is 144 g/mol. The van der Waals surface area contributed by atoms with Crippen LogP contribution in [0.2, 0.25) is 0 Å². The number of rotatable bonds is 0. The molecule has 1 saturated heterocycles. The van der Waals surface area contributed by atoms with Crippen LogP contribution in [0.15, 0.2) is 0 Å². The first kappa shape index (κ1) is 7.34. The second-order valence-corrected chi connectivity index (χ2v) is 2.66. The molecular weight excluding hydrogens is 132 g/mol. The van der Waals surface area contributed by atoms with Crippen LogP contribution >= 0.6 is 0 Å². The first-order valence-electron chi connectivity index (χ1n) is 3.23. The highest BCUT2D eigenvalue weighted by molar-refractivity contribution is 5.76. The lowest BCUT2D eigenvalue weighted by molar-refractivity contribution is 0.0533. The van der Waals surface area contributed by atoms with E-state index in [0.29, 0.717) is 0 Å². The number of carbonyl (C=O) groups is 1. The van der Waals surface area contributed by atoms with Crippen molar-refractivity contribution >= 4 is 6.03 Å². The standard InChI is InChI=1S/C6H12N2O2/c1-4-5(9)8(3)6(10)7(4)2/h4-5,9H,1-3H3/t4-,5-/m0/s1. The van der Waals surface area contributed by atoms with Gasteiger partial charge < -0.3 is 10.0 Å². The molecule has 0 unspecified atom stereocenters. The first-order valence-corrected chi connectivity index (χ1v) is 3.23. The van der Waals surface area contributed by atoms with Crippen LogP contribution in [0.1, 0.15) is 6.92 Å². The van der Waals surface area contributed by atoms with Gasteiger partial charge in [-0.25, -0.2) is 4.79 Å². The van der Waals surface area contributed by atoms with E-state index in [-0.39, 0.29) is 12.1 Å². The Labute approximate surface area is 60.0 Å². The summed E-state index contributed by atoms with van der Waals surface area (Å²) in [6, 6.07) is -0.225. The minimum Gasteiger partial charge on any atom is -0.371 e. The summed E-state index contributed by atoms with van der Waals surface area (Å²) in [4.78, 5) is 13.9. The largest absolute Gasteiger partial charge is 0.371 e. The van der Waals surface area contributed by atoms with Crippen LogP contribution < -0.4 is 0 Å². The molecule has 0 aliphatic carbocycles. The van der Waals surface area contributed by atoms with Crippen LogP contribution in [0, 0.1) is 0 Å². The van der Waals surface area contributed by atoms with Crippen LogP contribution in [0.25, 0.3) is 0 Å². The van der Waals surface area contributed by atoms with Gasteiger partial charge in [0.05, 0.1) is 6.04 Å². The lowest BCUT2D eigenvalue weighted by Crippen LogP contribution is -2.31. The molecule has 1 rings (SSSR count). The van der Waals surface area contributed by atoms with Gasteiger partial charge in [0, 0.05) is 14.1 Å². The van der Waals surface area contributed by atoms with Crippen LogP contribution in [0.5, 0.6) is 0 Å². The number of nitrogens with zero attached hydrogens (tertiary/aromatic N) is 2. The maximum absolute atomic E-state index is 11.0. The molecule has 0 aromatic rings. The number of carbonyl (C=O) groups excluding carboxylic acids is 1. The van der Waals surface area contributed by atoms with Crippen molar-refractivity contribution in [3.05, 3.63) is 0 Å². The van der Waals surface area contributed by atoms with Crippen molar-refractivity contribution in [2.45, 2.75) is 19.2 Å². The molecule has 0 saturated carbocycles. The fraction of sp³-hybridized carbons (Fsp3) is 0.833. The molecule has 10 heavy (non-hydrogen) atoms. The van der Waals surface area contributed by atoms with Crippen molar-refractivity contribution in [1.82, 2.24) is 9.80 Å². The normalized spacial score (nSPS) is 33.8. The van der Waals surface area contributed by atoms with E-state index in [1.165, 1.54) is 9.80 Å². The molecule has 0 radical (unpaired) electrons. The molecule has 1 aliphatic heterocycles. The van der Waals surface area contributed by atoms with E-state index < -0.39 is 6.23 Å². The number of hydrogen-bond donors (Lipinski definition) is 1. The first-order chi connectivity index (χ1) is 4.55. The fourth-order valence-electron chi connectivity index (χ4n) is 1.06. The van der Waals surface area contributed by atoms with E-state index in [0.717, 1.165) is 0 Å². The number of likely N-dealkylation sites (N-methyl/N-ethyl adjacent to an activating group) is 2. The Bertz CT molecular complexity index is 144. The average molecular weight is 144 g/mol. The van der Waals surface area contributed by atoms with E-state index in [1.807, 2.05) is 6.92 Å². The molecular formula is C6H12N2O2. The summed E-state index contributed by atoms with van der Waals surface area (Å²) in [5, 5.41) is 9.27. The number of aliphatic hydroxyl groups is 1. The Morgan fingerprint density at radius 1 is 1.40 bits per heavy atom. The summed E-state index contributed by atoms with van der Waals surface area (Å²) in [5.41, 5.74) is 0. The summed E-state index contributed by atoms with van der Waals surface area (Å²) in [5.74, 6) is 0. The molecule has 0 spiro atoms. The summed E-state index contributed by atoms with van der Waals surface area (Å²) < 4.78 is 0. The smallest absolute Gasteiger partial charge is 0.321 e. The number of aliphatic hydroxyl groups excluding tert-OH is 1. The van der Waals surface area contributed by atoms with Crippen molar-refractivity contribution < 1.29 is 9.90 Å². The predicted molar refractivity (Wildman–Crippen MR) is 36.4 cm³/mol. The molecule has 1 heterocycles. The van der Waals surface area contributed by atoms with E-state index in [2.05, 4.69) is 0 Å². The van der Waals surface area contributed by atoms with Crippen molar-refractivity contribution in [3.63, 3.8) is 0 Å². The van der Waals surface area contributed by atoms with E-state index in [4.69, 9.17) is 0 Å². The molecule has 0 aromatic carbocycles. The number of amides is 2. The van der Waals surface area contributed by atoms with Gasteiger partial charge in [0.25, 0.3) is 0 Å². The second-order valence-electron chi connectivity index (χ2n) is 2.66. The molecule has 1 N–H and O–H groups in total. The Kier molecular flexibility index (Phi) is 1.56. The Balaban J connectivity index is 2.78. The van der Waals surface area contributed by atoms with E-state index in [1.54, 1.807) is 14.1 Å². The third-order valence-corrected chi connectivity index (χ3v) is 2.04. The summed E-state index contributed by atoms with van der Waals surface area (Å²) in [6.45, 7) is 1.81. The average Bonchev–Trinajstić information content (AvgIpc) is 2.07. The molecule has 0 bridgehead atoms. The SMILES string of the molecule is C[C@H]1[C@H](O)N(C)C(=O)N1C. The topological polar surface area (TPSA) is 43.8 Å². The third-order valence-electron chi connectivity index (χ3n) is 2.04. The molecule has 1 aliphatic rings. The highest BCUT2D eigenvalue weighted by Gasteiger charge is 2.37. The highest BCUT2D eigenvalue weighted by atomic mass is 16.3. The van der Waals surface area contributed by atoms with Gasteiger partial charge >= 0.3 is 6.03 Å². The van der Waals surface area contributed by atoms with Crippen LogP contribution in [0.4, 0.5) is 4.79 Å². The summed E-state index contributed by atoms with van der Waals surface area (Å²) >= 11 is 0. The van der Waals surface area contributed by atoms with E-state index in [9.17, 15) is 9.90 Å². The van der Waals surface area contributed by atoms with Gasteiger partial charge in [-0.15, -0.1) is 0 Å². The van der Waals surface area contributed by atoms with Gasteiger partial charge in [-0.05, 0) is 6.92 Å². The third kappa shape index (κ3) is 0.759. The van der Waals surface area contributed by atoms with Crippen molar-refractivity contribution in [2.24, 2.45) is 0 Å². The quantitative estimate of drug-likeness (QED) is 0.507. The Morgan fingerprint density at radius 3 is 2.00 bits per heavy atom. The van der Waals surface area contributed by atoms with Crippen molar-refractivity contribution in [2.75, 3.05) is 14.1 Å². The molecule has 0 aromatic heterocycles. The highest BCUT2D eigenvalue weighted by Crippen LogP contribution is 2.16. The minimum atomic E-state index is -0.655. The van der Waals surface area contributed by atoms with E-state index >= 15 is 0 Å². The molecule has 2 amide bonds. The van der Waals surface area contributed by atoms with Crippen LogP contribution in [0.3, 0.4) is 0 Å². The van der Waals surface area contributed by atoms with Crippen molar-refractivity contribution in [1.29, 1.82) is 0 Å². The zero-order chi connectivity index (χ0) is 7.89. The molecule has 4 heteroatoms. The molecule has 4 nitrogen and oxygen atoms in total. The van der Waals surface area contributed by atoms with Gasteiger partial charge in [-0.1, -0.05) is 0 Å². The zero-order valence-corrected chi connectivity index (χ0v) is 6.40. The molecule has 2 atom stereocenters. The minimum absolute atomic E-state index is 0.0995. The fourth-order valence-corrected chi connectivity index (χ4v) is 1.06. The Morgan fingerprint density at radius 2 is 1.90 bits per heavy atom. The predicted octanol–water partition coefficient (Wildman–Crippen LogP) is -0.309. The van der Waals surface area contributed by atoms with Crippen LogP contribution in [-0.4, -0.2) is 47.3 Å². The summed E-state index contributed by atoms with van der Waals surface area (Å²) in [7, 11) is 3.27. The second kappa shape index (κ2) is 2.12. The maximum atomic E-state index is 11.0. The van der Waals surface area contributed by atoms with Gasteiger partial charge in [-0.2, -0.15) is 0 Å². The van der Waals surface area contributed by atoms with Crippen molar-refractivity contribution in [3.8, 4) is 0 Å². The number of hydrogen-bond acceptors (Lipinski definition) is 2. The van der Waals surface area contributed by atoms with Gasteiger partial charge in [0.2, 0.25) is 0 Å². The maximum Gasteiger partial charge on any atom is 0.321 e. The van der Waals surface area contributed by atoms with Gasteiger partial charge in [-0.3, -0.25) is 4.90 Å². The number of urea groups is 1. The lowest BCUT2D eigenvalue weighted by atomic mass is 10.3. The molecule has 58 valence electrons. The zero-order valence-electron chi connectivity index (χ0n) is 6.40. The summed E-state index contributed by atoms with van der Waals surface area (Å²) in [6.07, 6.45) is -0.655. The molecule has 1 fully saturated rings.